The fraction of sp³-hybridized carbons (Fsp3) is 0.628. The molecule has 5 aliphatic rings. The van der Waals surface area contributed by atoms with Gasteiger partial charge < -0.3 is 54.9 Å². The molecule has 1 aromatic carbocycles. The highest BCUT2D eigenvalue weighted by molar-refractivity contribution is 5.95. The van der Waals surface area contributed by atoms with Gasteiger partial charge in [0.15, 0.2) is 5.78 Å². The number of amides is 1. The van der Waals surface area contributed by atoms with Gasteiger partial charge in [0, 0.05) is 74.4 Å². The number of esters is 1. The summed E-state index contributed by atoms with van der Waals surface area (Å²) in [5, 5.41) is 40.5. The molecule has 4 fully saturated rings. The molecule has 316 valence electrons. The molecule has 3 aliphatic heterocycles. The van der Waals surface area contributed by atoms with Gasteiger partial charge in [0.1, 0.15) is 22.9 Å². The Morgan fingerprint density at radius 2 is 1.91 bits per heavy atom. The molecule has 0 bridgehead atoms. The number of phenolic OH excluding ortho intramolecular Hbond substituents is 1. The van der Waals surface area contributed by atoms with Crippen molar-refractivity contribution < 1.29 is 43.9 Å². The first kappa shape index (κ1) is 42.0. The number of hydrogen-bond donors (Lipinski definition) is 6. The standard InChI is InChI=1S/C43H60N6O9/c1-25(32(51)21-38-44-11-12-45-38)46-31(30-19-29(58-40(30)55)17-27-7-8-28(48(5)6)18-33(27)52)20-35-41(3)10-9-37(53)42(4,23-50)34(41)22-36(43(35)24-57-43)47-26(2)39(54)49-13-15-56-16-14-49/h7-8,11-12,17-19,25-26,31,34-37,46-47,50,52-53H,9-10,13-16,20-24H2,1-6H3,(H,44,45)/b29-17+/t25?,26?,31?,34?,35?,36?,37-,41+,42+,43?/m1/s1. The number of aromatic hydroxyl groups is 1. The average Bonchev–Trinajstić information content (AvgIpc) is 3.65. The monoisotopic (exact) mass is 804 g/mol. The zero-order chi connectivity index (χ0) is 41.6. The molecule has 4 heterocycles. The molecule has 7 unspecified atom stereocenters. The number of aliphatic hydroxyl groups is 2. The SMILES string of the molecule is CC(NC(CC1C2(CO2)C(NC(C)C(=O)N2CCOCC2)CC2[C@]1(C)CC[C@@H](O)[C@@]2(C)CO)C1=C/C(=C\c2ccc(N(C)C)cc2O)OC1=O)C(=O)Cc1ncc[nH]1. The van der Waals surface area contributed by atoms with E-state index >= 15 is 0 Å². The smallest absolute Gasteiger partial charge is 0.341 e. The fourth-order valence-corrected chi connectivity index (χ4v) is 10.4. The lowest BCUT2D eigenvalue weighted by Crippen LogP contribution is -2.68. The second kappa shape index (κ2) is 16.5. The van der Waals surface area contributed by atoms with Crippen LogP contribution in [-0.2, 0) is 35.0 Å². The summed E-state index contributed by atoms with van der Waals surface area (Å²) in [5.41, 5.74) is -0.439. The number of ketones is 1. The molecule has 15 nitrogen and oxygen atoms in total. The number of nitrogens with zero attached hydrogens (tertiary/aromatic N) is 3. The number of Topliss-reactive ketones (excluding diaryl/α,β-unsaturated/α-hetero) is 1. The number of ether oxygens (including phenoxy) is 3. The maximum absolute atomic E-state index is 14.0. The molecule has 7 rings (SSSR count). The number of aliphatic hydroxyl groups excluding tert-OH is 2. The van der Waals surface area contributed by atoms with Crippen molar-refractivity contribution in [3.05, 3.63) is 59.4 Å². The molecule has 2 aliphatic carbocycles. The predicted octanol–water partition coefficient (Wildman–Crippen LogP) is 2.32. The molecular weight excluding hydrogens is 745 g/mol. The van der Waals surface area contributed by atoms with E-state index in [-0.39, 0.29) is 54.1 Å². The number of hydrogen-bond acceptors (Lipinski definition) is 13. The van der Waals surface area contributed by atoms with Crippen LogP contribution in [-0.4, -0.2) is 137 Å². The summed E-state index contributed by atoms with van der Waals surface area (Å²) >= 11 is 0. The van der Waals surface area contributed by atoms with Gasteiger partial charge in [-0.1, -0.05) is 13.8 Å². The van der Waals surface area contributed by atoms with Crippen LogP contribution >= 0.6 is 0 Å². The van der Waals surface area contributed by atoms with Crippen molar-refractivity contribution in [2.75, 3.05) is 58.5 Å². The van der Waals surface area contributed by atoms with Crippen LogP contribution in [0.5, 0.6) is 5.75 Å². The van der Waals surface area contributed by atoms with Gasteiger partial charge in [-0.25, -0.2) is 9.78 Å². The Bertz CT molecular complexity index is 1910. The summed E-state index contributed by atoms with van der Waals surface area (Å²) in [6.07, 6.45) is 7.92. The van der Waals surface area contributed by atoms with Gasteiger partial charge in [-0.05, 0) is 81.1 Å². The largest absolute Gasteiger partial charge is 0.507 e. The average molecular weight is 805 g/mol. The number of anilines is 1. The summed E-state index contributed by atoms with van der Waals surface area (Å²) < 4.78 is 17.9. The zero-order valence-corrected chi connectivity index (χ0v) is 34.5. The first-order valence-electron chi connectivity index (χ1n) is 20.6. The van der Waals surface area contributed by atoms with Crippen LogP contribution in [0.25, 0.3) is 6.08 Å². The topological polar surface area (TPSA) is 202 Å². The molecular formula is C43H60N6O9. The van der Waals surface area contributed by atoms with E-state index in [4.69, 9.17) is 14.2 Å². The highest BCUT2D eigenvalue weighted by Gasteiger charge is 2.71. The number of carbonyl (C=O) groups is 3. The maximum Gasteiger partial charge on any atom is 0.341 e. The van der Waals surface area contributed by atoms with E-state index < -0.39 is 46.6 Å². The van der Waals surface area contributed by atoms with Crippen molar-refractivity contribution in [3.8, 4) is 5.75 Å². The quantitative estimate of drug-likeness (QED) is 0.120. The number of fused-ring (bicyclic) bond motifs is 1. The summed E-state index contributed by atoms with van der Waals surface area (Å²) in [7, 11) is 3.76. The summed E-state index contributed by atoms with van der Waals surface area (Å²) in [6.45, 7) is 10.00. The van der Waals surface area contributed by atoms with Gasteiger partial charge in [-0.2, -0.15) is 0 Å². The summed E-state index contributed by atoms with van der Waals surface area (Å²) in [5.74, 6) is -0.346. The van der Waals surface area contributed by atoms with Gasteiger partial charge in [-0.3, -0.25) is 9.59 Å². The van der Waals surface area contributed by atoms with E-state index in [2.05, 4.69) is 27.5 Å². The van der Waals surface area contributed by atoms with Crippen LogP contribution in [0.15, 0.2) is 48.0 Å². The molecule has 0 radical (unpaired) electrons. The number of morpholine rings is 1. The number of phenols is 1. The van der Waals surface area contributed by atoms with Crippen molar-refractivity contribution in [1.29, 1.82) is 0 Å². The zero-order valence-electron chi connectivity index (χ0n) is 34.5. The van der Waals surface area contributed by atoms with Gasteiger partial charge in [-0.15, -0.1) is 0 Å². The molecule has 10 atom stereocenters. The van der Waals surface area contributed by atoms with Gasteiger partial charge in [0.05, 0.1) is 56.6 Å². The molecule has 1 aromatic heterocycles. The molecule has 15 heteroatoms. The van der Waals surface area contributed by atoms with Gasteiger partial charge >= 0.3 is 5.97 Å². The maximum atomic E-state index is 14.0. The van der Waals surface area contributed by atoms with Crippen molar-refractivity contribution in [2.24, 2.45) is 22.7 Å². The third kappa shape index (κ3) is 7.96. The molecule has 1 spiro atoms. The highest BCUT2D eigenvalue weighted by atomic mass is 16.6. The van der Waals surface area contributed by atoms with E-state index in [1.807, 2.05) is 43.8 Å². The first-order valence-corrected chi connectivity index (χ1v) is 20.6. The van der Waals surface area contributed by atoms with Crippen LogP contribution in [0.3, 0.4) is 0 Å². The van der Waals surface area contributed by atoms with E-state index in [0.717, 1.165) is 5.69 Å². The van der Waals surface area contributed by atoms with Crippen molar-refractivity contribution in [1.82, 2.24) is 25.5 Å². The third-order valence-electron chi connectivity index (χ3n) is 14.0. The van der Waals surface area contributed by atoms with E-state index in [1.165, 1.54) is 0 Å². The second-order valence-electron chi connectivity index (χ2n) is 17.7. The molecule has 58 heavy (non-hydrogen) atoms. The number of epoxide rings is 1. The van der Waals surface area contributed by atoms with E-state index in [0.29, 0.717) is 75.6 Å². The van der Waals surface area contributed by atoms with Crippen LogP contribution in [0.1, 0.15) is 64.8 Å². The molecule has 1 amide bonds. The lowest BCUT2D eigenvalue weighted by molar-refractivity contribution is -0.185. The summed E-state index contributed by atoms with van der Waals surface area (Å²) in [4.78, 5) is 52.3. The predicted molar refractivity (Wildman–Crippen MR) is 215 cm³/mol. The Kier molecular flexibility index (Phi) is 12.0. The molecule has 2 saturated heterocycles. The summed E-state index contributed by atoms with van der Waals surface area (Å²) in [6, 6.07) is 3.01. The Hall–Kier alpha value is -4.12. The lowest BCUT2D eigenvalue weighted by atomic mass is 9.43. The molecule has 2 saturated carbocycles. The Morgan fingerprint density at radius 1 is 1.17 bits per heavy atom. The number of carbonyl (C=O) groups excluding carboxylic acids is 3. The lowest BCUT2D eigenvalue weighted by Gasteiger charge is -2.63. The number of cyclic esters (lactones) is 1. The first-order chi connectivity index (χ1) is 27.6. The Morgan fingerprint density at radius 3 is 2.55 bits per heavy atom. The molecule has 2 aromatic rings. The van der Waals surface area contributed by atoms with Crippen molar-refractivity contribution >= 4 is 29.4 Å². The number of benzene rings is 1. The number of imidazole rings is 1. The second-order valence-corrected chi connectivity index (χ2v) is 17.7. The third-order valence-corrected chi connectivity index (χ3v) is 14.0. The van der Waals surface area contributed by atoms with Crippen LogP contribution in [0.4, 0.5) is 5.69 Å². The number of allylic oxidation sites excluding steroid dienone is 1. The van der Waals surface area contributed by atoms with Crippen LogP contribution < -0.4 is 15.5 Å². The van der Waals surface area contributed by atoms with E-state index in [1.54, 1.807) is 43.6 Å². The normalized spacial score (nSPS) is 33.0. The molecule has 6 N–H and O–H groups in total. The minimum absolute atomic E-state index is 0.0263. The number of aromatic amines is 1. The minimum atomic E-state index is -0.847. The Labute approximate surface area is 340 Å². The van der Waals surface area contributed by atoms with Crippen molar-refractivity contribution in [2.45, 2.75) is 95.7 Å². The number of nitrogens with one attached hydrogen (secondary N) is 3. The Balaban J connectivity index is 1.25. The van der Waals surface area contributed by atoms with Gasteiger partial charge in [0.2, 0.25) is 5.91 Å². The number of H-pyrrole nitrogens is 1. The van der Waals surface area contributed by atoms with E-state index in [9.17, 15) is 29.7 Å². The van der Waals surface area contributed by atoms with Crippen LogP contribution in [0.2, 0.25) is 0 Å². The van der Waals surface area contributed by atoms with Crippen molar-refractivity contribution in [3.63, 3.8) is 0 Å². The highest BCUT2D eigenvalue weighted by Crippen LogP contribution is 2.66. The number of rotatable bonds is 14. The van der Waals surface area contributed by atoms with Crippen LogP contribution in [0, 0.1) is 22.7 Å². The minimum Gasteiger partial charge on any atom is -0.507 e. The fourth-order valence-electron chi connectivity index (χ4n) is 10.4. The number of aromatic nitrogens is 2. The van der Waals surface area contributed by atoms with Gasteiger partial charge in [0.25, 0.3) is 0 Å².